The highest BCUT2D eigenvalue weighted by atomic mass is 16.5. The van der Waals surface area contributed by atoms with E-state index < -0.39 is 23.1 Å². The van der Waals surface area contributed by atoms with E-state index in [-0.39, 0.29) is 30.6 Å². The van der Waals surface area contributed by atoms with Crippen LogP contribution in [0.3, 0.4) is 0 Å². The van der Waals surface area contributed by atoms with E-state index >= 15 is 0 Å². The Hall–Kier alpha value is -3.65. The number of aliphatic hydroxyl groups is 1. The fourth-order valence-electron chi connectivity index (χ4n) is 5.38. The standard InChI is InChI=1S/C26H26N2O6/c1-4-27-19-8-6-5-7-18(19)26(25(27)32)21(23(30)24(31)28(26)11-12-33-3)22(29)16-9-10-20-17(14-16)13-15(2)34-20/h5-10,14-15,29H,4,11-13H2,1-3H3/t15-,26+/m0/s1. The Kier molecular flexibility index (Phi) is 5.20. The number of aliphatic hydroxyl groups excluding tert-OH is 1. The lowest BCUT2D eigenvalue weighted by molar-refractivity contribution is -0.144. The lowest BCUT2D eigenvalue weighted by Crippen LogP contribution is -2.52. The molecule has 1 fully saturated rings. The second-order valence-corrected chi connectivity index (χ2v) is 8.73. The molecule has 3 heterocycles. The van der Waals surface area contributed by atoms with Crippen LogP contribution in [0.1, 0.15) is 30.5 Å². The van der Waals surface area contributed by atoms with Crippen LogP contribution >= 0.6 is 0 Å². The maximum atomic E-state index is 14.0. The molecule has 176 valence electrons. The van der Waals surface area contributed by atoms with Crippen LogP contribution in [0.25, 0.3) is 5.76 Å². The molecule has 0 saturated carbocycles. The smallest absolute Gasteiger partial charge is 0.296 e. The van der Waals surface area contributed by atoms with Crippen molar-refractivity contribution in [1.82, 2.24) is 4.90 Å². The van der Waals surface area contributed by atoms with Crippen LogP contribution < -0.4 is 9.64 Å². The summed E-state index contributed by atoms with van der Waals surface area (Å²) in [5.74, 6) is -1.82. The van der Waals surface area contributed by atoms with Gasteiger partial charge in [0.25, 0.3) is 17.6 Å². The molecule has 2 aromatic carbocycles. The third-order valence-electron chi connectivity index (χ3n) is 6.81. The van der Waals surface area contributed by atoms with Crippen LogP contribution in [0.4, 0.5) is 5.69 Å². The van der Waals surface area contributed by atoms with E-state index in [4.69, 9.17) is 9.47 Å². The van der Waals surface area contributed by atoms with Gasteiger partial charge in [0.15, 0.2) is 5.54 Å². The predicted molar refractivity (Wildman–Crippen MR) is 125 cm³/mol. The molecule has 8 heteroatoms. The highest BCUT2D eigenvalue weighted by molar-refractivity contribution is 6.50. The number of benzene rings is 2. The molecule has 3 aliphatic heterocycles. The number of nitrogens with zero attached hydrogens (tertiary/aromatic N) is 2. The van der Waals surface area contributed by atoms with E-state index in [9.17, 15) is 19.5 Å². The van der Waals surface area contributed by atoms with Gasteiger partial charge in [0.1, 0.15) is 17.6 Å². The Morgan fingerprint density at radius 2 is 1.97 bits per heavy atom. The van der Waals surface area contributed by atoms with Gasteiger partial charge >= 0.3 is 0 Å². The Labute approximate surface area is 197 Å². The number of likely N-dealkylation sites (tertiary alicyclic amines) is 1. The van der Waals surface area contributed by atoms with Crippen molar-refractivity contribution in [2.45, 2.75) is 31.9 Å². The minimum absolute atomic E-state index is 0.00649. The van der Waals surface area contributed by atoms with Gasteiger partial charge < -0.3 is 24.4 Å². The third-order valence-corrected chi connectivity index (χ3v) is 6.81. The molecule has 0 radical (unpaired) electrons. The number of rotatable bonds is 5. The van der Waals surface area contributed by atoms with Gasteiger partial charge in [-0.1, -0.05) is 18.2 Å². The van der Waals surface area contributed by atoms with Crippen molar-refractivity contribution in [3.05, 3.63) is 64.7 Å². The number of Topliss-reactive ketones (excluding diaryl/α,β-unsaturated/α-hetero) is 1. The number of amides is 2. The second kappa shape index (κ2) is 7.99. The van der Waals surface area contributed by atoms with Crippen molar-refractivity contribution in [3.63, 3.8) is 0 Å². The van der Waals surface area contributed by atoms with Gasteiger partial charge in [-0.2, -0.15) is 0 Å². The number of ether oxygens (including phenoxy) is 2. The zero-order valence-corrected chi connectivity index (χ0v) is 19.3. The number of fused-ring (bicyclic) bond motifs is 3. The van der Waals surface area contributed by atoms with E-state index in [0.717, 1.165) is 11.3 Å². The van der Waals surface area contributed by atoms with Crippen LogP contribution in [-0.2, 0) is 31.1 Å². The molecule has 34 heavy (non-hydrogen) atoms. The molecular formula is C26H26N2O6. The highest BCUT2D eigenvalue weighted by Gasteiger charge is 2.66. The van der Waals surface area contributed by atoms with Crippen LogP contribution in [0.5, 0.6) is 5.75 Å². The Morgan fingerprint density at radius 1 is 1.21 bits per heavy atom. The second-order valence-electron chi connectivity index (χ2n) is 8.73. The molecule has 8 nitrogen and oxygen atoms in total. The summed E-state index contributed by atoms with van der Waals surface area (Å²) in [6.07, 6.45) is 0.668. The minimum Gasteiger partial charge on any atom is -0.507 e. The quantitative estimate of drug-likeness (QED) is 0.417. The minimum atomic E-state index is -1.76. The molecule has 1 spiro atoms. The molecule has 0 aromatic heterocycles. The van der Waals surface area contributed by atoms with E-state index in [1.807, 2.05) is 13.8 Å². The molecule has 2 atom stereocenters. The molecule has 0 bridgehead atoms. The monoisotopic (exact) mass is 462 g/mol. The number of carbonyl (C=O) groups is 3. The number of hydrogen-bond donors (Lipinski definition) is 1. The number of anilines is 1. The lowest BCUT2D eigenvalue weighted by atomic mass is 9.81. The Balaban J connectivity index is 1.78. The highest BCUT2D eigenvalue weighted by Crippen LogP contribution is 2.53. The largest absolute Gasteiger partial charge is 0.507 e. The normalized spacial score (nSPS) is 24.7. The third kappa shape index (κ3) is 2.84. The van der Waals surface area contributed by atoms with E-state index in [1.54, 1.807) is 47.4 Å². The van der Waals surface area contributed by atoms with E-state index in [2.05, 4.69) is 0 Å². The van der Waals surface area contributed by atoms with Gasteiger partial charge in [-0.15, -0.1) is 0 Å². The van der Waals surface area contributed by atoms with Crippen molar-refractivity contribution >= 4 is 29.0 Å². The van der Waals surface area contributed by atoms with Gasteiger partial charge in [0.2, 0.25) is 0 Å². The zero-order chi connectivity index (χ0) is 24.2. The van der Waals surface area contributed by atoms with Crippen LogP contribution in [0.15, 0.2) is 48.0 Å². The van der Waals surface area contributed by atoms with Gasteiger partial charge in [0.05, 0.1) is 17.9 Å². The molecule has 2 aromatic rings. The summed E-state index contributed by atoms with van der Waals surface area (Å²) in [5.41, 5.74) is 0.395. The molecule has 5 rings (SSSR count). The van der Waals surface area contributed by atoms with Crippen molar-refractivity contribution < 1.29 is 29.0 Å². The van der Waals surface area contributed by atoms with Crippen molar-refractivity contribution in [2.75, 3.05) is 31.7 Å². The first kappa shape index (κ1) is 22.2. The Bertz CT molecular complexity index is 1250. The molecule has 3 aliphatic rings. The van der Waals surface area contributed by atoms with Crippen molar-refractivity contribution in [3.8, 4) is 5.75 Å². The summed E-state index contributed by atoms with van der Waals surface area (Å²) in [6.45, 7) is 4.28. The lowest BCUT2D eigenvalue weighted by Gasteiger charge is -2.34. The summed E-state index contributed by atoms with van der Waals surface area (Å²) >= 11 is 0. The zero-order valence-electron chi connectivity index (χ0n) is 19.3. The van der Waals surface area contributed by atoms with Crippen molar-refractivity contribution in [1.29, 1.82) is 0 Å². The number of ketones is 1. The fourth-order valence-corrected chi connectivity index (χ4v) is 5.38. The first-order chi connectivity index (χ1) is 16.4. The molecule has 2 amide bonds. The molecule has 0 aliphatic carbocycles. The van der Waals surface area contributed by atoms with Gasteiger partial charge in [-0.05, 0) is 43.7 Å². The van der Waals surface area contributed by atoms with Gasteiger partial charge in [0, 0.05) is 37.7 Å². The molecule has 0 unspecified atom stereocenters. The number of carbonyl (C=O) groups excluding carboxylic acids is 3. The van der Waals surface area contributed by atoms with Crippen LogP contribution in [-0.4, -0.2) is 60.5 Å². The van der Waals surface area contributed by atoms with Crippen molar-refractivity contribution in [2.24, 2.45) is 0 Å². The number of hydrogen-bond acceptors (Lipinski definition) is 6. The Morgan fingerprint density at radius 3 is 2.71 bits per heavy atom. The SMILES string of the molecule is CCN1C(=O)[C@]2(C(=C(O)c3ccc4c(c3)C[C@H](C)O4)C(=O)C(=O)N2CCOC)c2ccccc21. The van der Waals surface area contributed by atoms with Crippen LogP contribution in [0.2, 0.25) is 0 Å². The summed E-state index contributed by atoms with van der Waals surface area (Å²) in [6, 6.07) is 12.2. The maximum absolute atomic E-state index is 14.0. The van der Waals surface area contributed by atoms with Crippen LogP contribution in [0, 0.1) is 0 Å². The summed E-state index contributed by atoms with van der Waals surface area (Å²) in [4.78, 5) is 43.6. The number of methoxy groups -OCH3 is 1. The first-order valence-electron chi connectivity index (χ1n) is 11.4. The number of likely N-dealkylation sites (N-methyl/N-ethyl adjacent to an activating group) is 1. The molecular weight excluding hydrogens is 436 g/mol. The average Bonchev–Trinajstić information content (AvgIpc) is 3.40. The summed E-state index contributed by atoms with van der Waals surface area (Å²) in [7, 11) is 1.49. The summed E-state index contributed by atoms with van der Waals surface area (Å²) in [5, 5.41) is 11.5. The fraction of sp³-hybridized carbons (Fsp3) is 0.346. The molecule has 1 saturated heterocycles. The van der Waals surface area contributed by atoms with Gasteiger partial charge in [-0.25, -0.2) is 0 Å². The van der Waals surface area contributed by atoms with E-state index in [0.29, 0.717) is 29.8 Å². The van der Waals surface area contributed by atoms with E-state index in [1.165, 1.54) is 12.0 Å². The first-order valence-corrected chi connectivity index (χ1v) is 11.4. The molecule has 1 N–H and O–H groups in total. The summed E-state index contributed by atoms with van der Waals surface area (Å²) < 4.78 is 10.9. The maximum Gasteiger partial charge on any atom is 0.296 e. The average molecular weight is 463 g/mol. The number of para-hydroxylation sites is 1. The predicted octanol–water partition coefficient (Wildman–Crippen LogP) is 2.60. The topological polar surface area (TPSA) is 96.4 Å². The van der Waals surface area contributed by atoms with Gasteiger partial charge in [-0.3, -0.25) is 14.4 Å².